The van der Waals surface area contributed by atoms with Crippen LogP contribution in [0.15, 0.2) is 71.6 Å². The number of nitrogen functional groups attached to an aromatic ring is 1. The molecule has 5 aromatic rings. The first-order valence-electron chi connectivity index (χ1n) is 12.8. The van der Waals surface area contributed by atoms with Crippen LogP contribution in [0, 0.1) is 5.41 Å². The predicted molar refractivity (Wildman–Crippen MR) is 157 cm³/mol. The number of amidine groups is 1. The van der Waals surface area contributed by atoms with Crippen LogP contribution in [-0.4, -0.2) is 58.4 Å². The number of H-pyrrole nitrogens is 1. The quantitative estimate of drug-likeness (QED) is 0.136. The van der Waals surface area contributed by atoms with Gasteiger partial charge < -0.3 is 15.6 Å². The summed E-state index contributed by atoms with van der Waals surface area (Å²) in [6.45, 7) is 5.39. The number of aromatic amines is 1. The molecule has 0 bridgehead atoms. The average Bonchev–Trinajstić information content (AvgIpc) is 3.50. The van der Waals surface area contributed by atoms with E-state index < -0.39 is 9.84 Å². The molecule has 0 aliphatic rings. The highest BCUT2D eigenvalue weighted by atomic mass is 32.2. The van der Waals surface area contributed by atoms with E-state index in [4.69, 9.17) is 26.1 Å². The maximum atomic E-state index is 11.8. The van der Waals surface area contributed by atoms with Crippen LogP contribution >= 0.6 is 0 Å². The molecule has 5 rings (SSSR count). The number of nitrogens with two attached hydrogens (primary N) is 1. The van der Waals surface area contributed by atoms with Crippen molar-refractivity contribution in [2.45, 2.75) is 18.7 Å². The Bertz CT molecular complexity index is 1800. The molecular formula is C29H31N7O3S. The molecule has 11 heteroatoms. The SMILES string of the molecule is CCN(CC)Oc1c(-c2ccc(-c3ccc(S(C)(=O)=O)cc3)cc2)nn(C)c1-c1nc2ccc(C(=N)N)cc2[nH]1. The minimum absolute atomic E-state index is 0.0128. The number of nitrogens with zero attached hydrogens (tertiary/aromatic N) is 4. The minimum Gasteiger partial charge on any atom is -0.401 e. The first kappa shape index (κ1) is 27.1. The van der Waals surface area contributed by atoms with Gasteiger partial charge in [-0.25, -0.2) is 13.4 Å². The number of hydrogen-bond donors (Lipinski definition) is 3. The van der Waals surface area contributed by atoms with E-state index in [1.54, 1.807) is 41.1 Å². The van der Waals surface area contributed by atoms with E-state index >= 15 is 0 Å². The van der Waals surface area contributed by atoms with Gasteiger partial charge in [0.25, 0.3) is 0 Å². The third kappa shape index (κ3) is 5.21. The van der Waals surface area contributed by atoms with Gasteiger partial charge in [0, 0.05) is 37.5 Å². The lowest BCUT2D eigenvalue weighted by atomic mass is 10.0. The molecule has 0 radical (unpaired) electrons. The third-order valence-electron chi connectivity index (χ3n) is 6.72. The molecule has 0 unspecified atom stereocenters. The van der Waals surface area contributed by atoms with Gasteiger partial charge in [0.15, 0.2) is 15.7 Å². The Kier molecular flexibility index (Phi) is 7.17. The van der Waals surface area contributed by atoms with Gasteiger partial charge in [-0.1, -0.05) is 36.4 Å². The van der Waals surface area contributed by atoms with E-state index in [-0.39, 0.29) is 10.7 Å². The lowest BCUT2D eigenvalue weighted by Gasteiger charge is -2.19. The lowest BCUT2D eigenvalue weighted by Crippen LogP contribution is -2.27. The molecule has 3 aromatic carbocycles. The molecule has 0 aliphatic carbocycles. The predicted octanol–water partition coefficient (Wildman–Crippen LogP) is 4.62. The van der Waals surface area contributed by atoms with Crippen LogP contribution in [0.3, 0.4) is 0 Å². The van der Waals surface area contributed by atoms with Crippen molar-refractivity contribution in [3.63, 3.8) is 0 Å². The number of nitrogens with one attached hydrogen (secondary N) is 2. The summed E-state index contributed by atoms with van der Waals surface area (Å²) in [4.78, 5) is 14.8. The van der Waals surface area contributed by atoms with Crippen LogP contribution in [-0.2, 0) is 16.9 Å². The molecule has 0 saturated heterocycles. The lowest BCUT2D eigenvalue weighted by molar-refractivity contribution is -0.0476. The number of fused-ring (bicyclic) bond motifs is 1. The van der Waals surface area contributed by atoms with Gasteiger partial charge in [-0.2, -0.15) is 5.10 Å². The standard InChI is InChI=1S/C29H31N7O3S/c1-5-36(6-2)39-27-25(20-9-7-18(8-10-20)19-11-14-22(15-12-19)40(4,37)38)34-35(3)26(27)29-32-23-16-13-21(28(30)31)17-24(23)33-29/h7-17H,5-6H2,1-4H3,(H3,30,31)(H,32,33). The summed E-state index contributed by atoms with van der Waals surface area (Å²) in [5.41, 5.74) is 11.8. The van der Waals surface area contributed by atoms with E-state index in [1.807, 2.05) is 56.3 Å². The highest BCUT2D eigenvalue weighted by molar-refractivity contribution is 7.90. The molecule has 0 spiro atoms. The van der Waals surface area contributed by atoms with Gasteiger partial charge in [-0.15, -0.1) is 5.06 Å². The number of sulfone groups is 1. The van der Waals surface area contributed by atoms with Crippen LogP contribution in [0.1, 0.15) is 19.4 Å². The summed E-state index contributed by atoms with van der Waals surface area (Å²) in [5, 5.41) is 14.4. The Balaban J connectivity index is 1.57. The molecule has 0 fully saturated rings. The van der Waals surface area contributed by atoms with Crippen molar-refractivity contribution >= 4 is 26.7 Å². The zero-order valence-corrected chi connectivity index (χ0v) is 23.6. The van der Waals surface area contributed by atoms with Crippen LogP contribution in [0.4, 0.5) is 0 Å². The number of imidazole rings is 1. The molecule has 0 aliphatic heterocycles. The smallest absolute Gasteiger partial charge is 0.204 e. The Labute approximate surface area is 232 Å². The van der Waals surface area contributed by atoms with E-state index in [9.17, 15) is 8.42 Å². The van der Waals surface area contributed by atoms with E-state index in [0.29, 0.717) is 41.6 Å². The number of aryl methyl sites for hydroxylation is 1. The fraction of sp³-hybridized carbons (Fsp3) is 0.207. The fourth-order valence-corrected chi connectivity index (χ4v) is 5.16. The number of aromatic nitrogens is 4. The summed E-state index contributed by atoms with van der Waals surface area (Å²) >= 11 is 0. The average molecular weight is 558 g/mol. The summed E-state index contributed by atoms with van der Waals surface area (Å²) < 4.78 is 25.4. The van der Waals surface area contributed by atoms with Crippen molar-refractivity contribution in [3.05, 3.63) is 72.3 Å². The van der Waals surface area contributed by atoms with Crippen molar-refractivity contribution in [1.29, 1.82) is 5.41 Å². The summed E-state index contributed by atoms with van der Waals surface area (Å²) in [5.74, 6) is 1.14. The summed E-state index contributed by atoms with van der Waals surface area (Å²) in [7, 11) is -1.41. The normalized spacial score (nSPS) is 11.8. The zero-order valence-electron chi connectivity index (χ0n) is 22.8. The molecule has 0 saturated carbocycles. The molecule has 0 atom stereocenters. The Morgan fingerprint density at radius 2 is 1.60 bits per heavy atom. The van der Waals surface area contributed by atoms with Crippen molar-refractivity contribution in [3.8, 4) is 39.7 Å². The van der Waals surface area contributed by atoms with Crippen LogP contribution in [0.5, 0.6) is 5.75 Å². The van der Waals surface area contributed by atoms with Crippen LogP contribution < -0.4 is 10.6 Å². The van der Waals surface area contributed by atoms with Crippen LogP contribution in [0.2, 0.25) is 0 Å². The first-order chi connectivity index (χ1) is 19.1. The summed E-state index contributed by atoms with van der Waals surface area (Å²) in [6, 6.07) is 20.1. The fourth-order valence-electron chi connectivity index (χ4n) is 4.53. The summed E-state index contributed by atoms with van der Waals surface area (Å²) in [6.07, 6.45) is 1.20. The second kappa shape index (κ2) is 10.6. The van der Waals surface area contributed by atoms with Crippen molar-refractivity contribution in [1.82, 2.24) is 24.8 Å². The Hall–Kier alpha value is -4.48. The molecule has 10 nitrogen and oxygen atoms in total. The molecule has 4 N–H and O–H groups in total. The number of rotatable bonds is 9. The second-order valence-corrected chi connectivity index (χ2v) is 11.5. The van der Waals surface area contributed by atoms with E-state index in [0.717, 1.165) is 27.7 Å². The molecular weight excluding hydrogens is 526 g/mol. The molecule has 0 amide bonds. The largest absolute Gasteiger partial charge is 0.401 e. The monoisotopic (exact) mass is 557 g/mol. The number of benzene rings is 3. The van der Waals surface area contributed by atoms with E-state index in [1.165, 1.54) is 6.26 Å². The van der Waals surface area contributed by atoms with Crippen LogP contribution in [0.25, 0.3) is 44.9 Å². The van der Waals surface area contributed by atoms with Gasteiger partial charge in [0.1, 0.15) is 17.2 Å². The topological polar surface area (TPSA) is 143 Å². The van der Waals surface area contributed by atoms with Crippen molar-refractivity contribution < 1.29 is 13.3 Å². The third-order valence-corrected chi connectivity index (χ3v) is 7.85. The number of hydrogen-bond acceptors (Lipinski definition) is 7. The van der Waals surface area contributed by atoms with Gasteiger partial charge in [-0.3, -0.25) is 10.1 Å². The highest BCUT2D eigenvalue weighted by Crippen LogP contribution is 2.39. The maximum absolute atomic E-state index is 11.8. The minimum atomic E-state index is -3.25. The zero-order chi connectivity index (χ0) is 28.6. The molecule has 2 aromatic heterocycles. The van der Waals surface area contributed by atoms with Crippen molar-refractivity contribution in [2.24, 2.45) is 12.8 Å². The Morgan fingerprint density at radius 1 is 1.00 bits per heavy atom. The molecule has 40 heavy (non-hydrogen) atoms. The van der Waals surface area contributed by atoms with Crippen molar-refractivity contribution in [2.75, 3.05) is 19.3 Å². The van der Waals surface area contributed by atoms with E-state index in [2.05, 4.69) is 4.98 Å². The first-order valence-corrected chi connectivity index (χ1v) is 14.7. The van der Waals surface area contributed by atoms with Gasteiger partial charge in [-0.05, 0) is 55.3 Å². The highest BCUT2D eigenvalue weighted by Gasteiger charge is 2.25. The Morgan fingerprint density at radius 3 is 2.17 bits per heavy atom. The van der Waals surface area contributed by atoms with Gasteiger partial charge >= 0.3 is 0 Å². The maximum Gasteiger partial charge on any atom is 0.204 e. The van der Waals surface area contributed by atoms with Gasteiger partial charge in [0.05, 0.1) is 15.9 Å². The van der Waals surface area contributed by atoms with Gasteiger partial charge in [0.2, 0.25) is 5.75 Å². The molecule has 2 heterocycles. The molecule has 206 valence electrons. The number of hydroxylamine groups is 2. The second-order valence-electron chi connectivity index (χ2n) is 9.46.